The van der Waals surface area contributed by atoms with Crippen LogP contribution in [0.4, 0.5) is 0 Å². The fourth-order valence-electron chi connectivity index (χ4n) is 0.770. The molecule has 0 aromatic rings. The molecular weight excluding hydrogens is 126 g/mol. The highest BCUT2D eigenvalue weighted by molar-refractivity contribution is 5.93. The Labute approximate surface area is 62.3 Å². The molecule has 0 heterocycles. The van der Waals surface area contributed by atoms with Crippen molar-refractivity contribution in [1.82, 2.24) is 5.32 Å². The van der Waals surface area contributed by atoms with E-state index in [9.17, 15) is 4.79 Å². The first-order chi connectivity index (χ1) is 4.76. The summed E-state index contributed by atoms with van der Waals surface area (Å²) in [5.41, 5.74) is 0.863. The number of nitrogens with one attached hydrogen (secondary N) is 1. The van der Waals surface area contributed by atoms with E-state index < -0.39 is 0 Å². The van der Waals surface area contributed by atoms with Crippen LogP contribution in [0.15, 0.2) is 11.6 Å². The molecule has 58 valence electrons. The second-order valence-corrected chi connectivity index (χ2v) is 2.03. The van der Waals surface area contributed by atoms with E-state index in [0.29, 0.717) is 6.54 Å². The van der Waals surface area contributed by atoms with Gasteiger partial charge in [0.2, 0.25) is 5.91 Å². The van der Waals surface area contributed by atoms with Gasteiger partial charge >= 0.3 is 0 Å². The first-order valence-electron chi connectivity index (χ1n) is 3.69. The number of allylic oxidation sites excluding steroid dienone is 1. The number of rotatable bonds is 3. The van der Waals surface area contributed by atoms with Crippen molar-refractivity contribution in [3.63, 3.8) is 0 Å². The smallest absolute Gasteiger partial charge is 0.246 e. The molecule has 0 atom stereocenters. The number of carbonyl (C=O) groups excluding carboxylic acids is 1. The van der Waals surface area contributed by atoms with Crippen LogP contribution in [0.3, 0.4) is 0 Å². The van der Waals surface area contributed by atoms with Crippen molar-refractivity contribution in [1.29, 1.82) is 0 Å². The number of hydrogen-bond donors (Lipinski definition) is 1. The minimum atomic E-state index is 0.0625. The Hall–Kier alpha value is -0.790. The van der Waals surface area contributed by atoms with Crippen molar-refractivity contribution < 1.29 is 4.79 Å². The normalized spacial score (nSPS) is 11.3. The Morgan fingerprint density at radius 3 is 2.40 bits per heavy atom. The first-order valence-corrected chi connectivity index (χ1v) is 3.69. The Balaban J connectivity index is 3.91. The third kappa shape index (κ3) is 2.67. The summed E-state index contributed by atoms with van der Waals surface area (Å²) in [6.45, 7) is 6.48. The summed E-state index contributed by atoms with van der Waals surface area (Å²) in [6, 6.07) is 0. The first kappa shape index (κ1) is 9.21. The SMILES string of the molecule is C/C=C(/CC)C(=O)NCC. The monoisotopic (exact) mass is 141 g/mol. The minimum absolute atomic E-state index is 0.0625. The zero-order chi connectivity index (χ0) is 7.98. The molecule has 2 nitrogen and oxygen atoms in total. The van der Waals surface area contributed by atoms with Gasteiger partial charge in [-0.05, 0) is 20.3 Å². The molecule has 0 aromatic carbocycles. The lowest BCUT2D eigenvalue weighted by Crippen LogP contribution is -2.24. The summed E-state index contributed by atoms with van der Waals surface area (Å²) in [4.78, 5) is 11.0. The summed E-state index contributed by atoms with van der Waals surface area (Å²) in [5.74, 6) is 0.0625. The van der Waals surface area contributed by atoms with Crippen LogP contribution in [0.5, 0.6) is 0 Å². The van der Waals surface area contributed by atoms with E-state index in [2.05, 4.69) is 5.32 Å². The quantitative estimate of drug-likeness (QED) is 0.592. The third-order valence-electron chi connectivity index (χ3n) is 1.36. The third-order valence-corrected chi connectivity index (χ3v) is 1.36. The molecule has 1 N–H and O–H groups in total. The fraction of sp³-hybridized carbons (Fsp3) is 0.625. The summed E-state index contributed by atoms with van der Waals surface area (Å²) in [7, 11) is 0. The van der Waals surface area contributed by atoms with Crippen molar-refractivity contribution in [2.24, 2.45) is 0 Å². The van der Waals surface area contributed by atoms with Gasteiger partial charge in [-0.3, -0.25) is 4.79 Å². The van der Waals surface area contributed by atoms with Gasteiger partial charge in [-0.1, -0.05) is 13.0 Å². The summed E-state index contributed by atoms with van der Waals surface area (Å²) >= 11 is 0. The topological polar surface area (TPSA) is 29.1 Å². The van der Waals surface area contributed by atoms with Crippen LogP contribution in [-0.2, 0) is 4.79 Å². The zero-order valence-electron chi connectivity index (χ0n) is 6.90. The van der Waals surface area contributed by atoms with Crippen molar-refractivity contribution >= 4 is 5.91 Å². The van der Waals surface area contributed by atoms with Gasteiger partial charge in [0.25, 0.3) is 0 Å². The lowest BCUT2D eigenvalue weighted by atomic mass is 10.2. The fourth-order valence-corrected chi connectivity index (χ4v) is 0.770. The molecule has 0 aliphatic carbocycles. The predicted molar refractivity (Wildman–Crippen MR) is 42.7 cm³/mol. The highest BCUT2D eigenvalue weighted by atomic mass is 16.1. The molecule has 0 saturated heterocycles. The Morgan fingerprint density at radius 1 is 1.50 bits per heavy atom. The molecular formula is C8H15NO. The van der Waals surface area contributed by atoms with E-state index in [0.717, 1.165) is 12.0 Å². The average Bonchev–Trinajstić information content (AvgIpc) is 1.91. The van der Waals surface area contributed by atoms with Gasteiger partial charge in [-0.2, -0.15) is 0 Å². The van der Waals surface area contributed by atoms with Gasteiger partial charge in [0.05, 0.1) is 0 Å². The number of amides is 1. The molecule has 2 heteroatoms. The molecule has 0 aliphatic rings. The maximum absolute atomic E-state index is 11.0. The van der Waals surface area contributed by atoms with E-state index in [1.165, 1.54) is 0 Å². The van der Waals surface area contributed by atoms with Crippen LogP contribution in [0, 0.1) is 0 Å². The molecule has 0 unspecified atom stereocenters. The zero-order valence-corrected chi connectivity index (χ0v) is 6.90. The lowest BCUT2D eigenvalue weighted by Gasteiger charge is -2.02. The van der Waals surface area contributed by atoms with Crippen molar-refractivity contribution in [2.75, 3.05) is 6.54 Å². The van der Waals surface area contributed by atoms with Gasteiger partial charge in [0.15, 0.2) is 0 Å². The van der Waals surface area contributed by atoms with Crippen molar-refractivity contribution in [3.05, 3.63) is 11.6 Å². The minimum Gasteiger partial charge on any atom is -0.353 e. The molecule has 0 aromatic heterocycles. The van der Waals surface area contributed by atoms with Gasteiger partial charge in [-0.15, -0.1) is 0 Å². The van der Waals surface area contributed by atoms with Gasteiger partial charge in [0, 0.05) is 12.1 Å². The Morgan fingerprint density at radius 2 is 2.10 bits per heavy atom. The lowest BCUT2D eigenvalue weighted by molar-refractivity contribution is -0.117. The molecule has 10 heavy (non-hydrogen) atoms. The average molecular weight is 141 g/mol. The van der Waals surface area contributed by atoms with E-state index in [-0.39, 0.29) is 5.91 Å². The van der Waals surface area contributed by atoms with Gasteiger partial charge in [-0.25, -0.2) is 0 Å². The number of hydrogen-bond acceptors (Lipinski definition) is 1. The highest BCUT2D eigenvalue weighted by Gasteiger charge is 2.02. The maximum atomic E-state index is 11.0. The van der Waals surface area contributed by atoms with E-state index >= 15 is 0 Å². The van der Waals surface area contributed by atoms with Crippen LogP contribution in [-0.4, -0.2) is 12.5 Å². The molecule has 0 rings (SSSR count). The standard InChI is InChI=1S/C8H15NO/c1-4-7(5-2)8(10)9-6-3/h4H,5-6H2,1-3H3,(H,9,10)/b7-4-. The second-order valence-electron chi connectivity index (χ2n) is 2.03. The Kier molecular flexibility index (Phi) is 4.63. The summed E-state index contributed by atoms with van der Waals surface area (Å²) in [6.07, 6.45) is 2.66. The molecule has 0 saturated carbocycles. The summed E-state index contributed by atoms with van der Waals surface area (Å²) in [5, 5.41) is 2.74. The highest BCUT2D eigenvalue weighted by Crippen LogP contribution is 1.98. The van der Waals surface area contributed by atoms with E-state index in [4.69, 9.17) is 0 Å². The van der Waals surface area contributed by atoms with E-state index in [1.807, 2.05) is 26.8 Å². The van der Waals surface area contributed by atoms with Crippen LogP contribution < -0.4 is 5.32 Å². The molecule has 0 aliphatic heterocycles. The molecule has 1 amide bonds. The molecule has 0 spiro atoms. The second kappa shape index (κ2) is 5.03. The van der Waals surface area contributed by atoms with Gasteiger partial charge in [0.1, 0.15) is 0 Å². The van der Waals surface area contributed by atoms with Crippen molar-refractivity contribution in [3.8, 4) is 0 Å². The summed E-state index contributed by atoms with van der Waals surface area (Å²) < 4.78 is 0. The van der Waals surface area contributed by atoms with E-state index in [1.54, 1.807) is 0 Å². The predicted octanol–water partition coefficient (Wildman–Crippen LogP) is 1.48. The van der Waals surface area contributed by atoms with Crippen LogP contribution in [0.2, 0.25) is 0 Å². The van der Waals surface area contributed by atoms with Crippen LogP contribution >= 0.6 is 0 Å². The largest absolute Gasteiger partial charge is 0.353 e. The molecule has 0 radical (unpaired) electrons. The van der Waals surface area contributed by atoms with Gasteiger partial charge < -0.3 is 5.32 Å². The molecule has 0 bridgehead atoms. The maximum Gasteiger partial charge on any atom is 0.246 e. The van der Waals surface area contributed by atoms with Crippen LogP contribution in [0.25, 0.3) is 0 Å². The van der Waals surface area contributed by atoms with Crippen molar-refractivity contribution in [2.45, 2.75) is 27.2 Å². The molecule has 0 fully saturated rings. The number of carbonyl (C=O) groups is 1. The Bertz CT molecular complexity index is 138. The number of likely N-dealkylation sites (N-methyl/N-ethyl adjacent to an activating group) is 1. The van der Waals surface area contributed by atoms with Crippen LogP contribution in [0.1, 0.15) is 27.2 Å².